The van der Waals surface area contributed by atoms with Gasteiger partial charge in [0, 0.05) is 17.3 Å². The summed E-state index contributed by atoms with van der Waals surface area (Å²) >= 11 is 1.50. The number of rotatable bonds is 4. The number of para-hydroxylation sites is 1. The molecule has 2 heterocycles. The number of hydrogen-bond acceptors (Lipinski definition) is 4. The van der Waals surface area contributed by atoms with Crippen LogP contribution in [-0.4, -0.2) is 16.0 Å². The lowest BCUT2D eigenvalue weighted by Gasteiger charge is -2.05. The molecule has 0 saturated carbocycles. The van der Waals surface area contributed by atoms with E-state index < -0.39 is 0 Å². The van der Waals surface area contributed by atoms with Crippen molar-refractivity contribution in [2.24, 2.45) is 0 Å². The molecular formula is C16H14N4OS. The molecule has 0 unspecified atom stereocenters. The summed E-state index contributed by atoms with van der Waals surface area (Å²) in [6.07, 6.45) is 1.74. The van der Waals surface area contributed by atoms with E-state index in [1.165, 1.54) is 11.3 Å². The van der Waals surface area contributed by atoms with E-state index in [0.717, 1.165) is 22.1 Å². The van der Waals surface area contributed by atoms with Gasteiger partial charge in [0.1, 0.15) is 5.01 Å². The highest BCUT2D eigenvalue weighted by Crippen LogP contribution is 2.19. The van der Waals surface area contributed by atoms with Crippen LogP contribution in [0.25, 0.3) is 11.4 Å². The molecule has 6 heteroatoms. The maximum absolute atomic E-state index is 11.8. The van der Waals surface area contributed by atoms with Gasteiger partial charge in [-0.3, -0.25) is 4.98 Å². The normalized spacial score (nSPS) is 10.2. The Kier molecular flexibility index (Phi) is 4.41. The third-order valence-electron chi connectivity index (χ3n) is 2.91. The summed E-state index contributed by atoms with van der Waals surface area (Å²) in [6, 6.07) is 14.8. The van der Waals surface area contributed by atoms with Crippen molar-refractivity contribution in [2.45, 2.75) is 6.54 Å². The number of carbonyl (C=O) groups excluding carboxylic acids is 1. The van der Waals surface area contributed by atoms with Gasteiger partial charge in [-0.1, -0.05) is 24.3 Å². The average molecular weight is 310 g/mol. The fraction of sp³-hybridized carbons (Fsp3) is 0.0625. The Hall–Kier alpha value is -2.73. The molecule has 5 nitrogen and oxygen atoms in total. The Morgan fingerprint density at radius 1 is 1.05 bits per heavy atom. The molecule has 0 fully saturated rings. The van der Waals surface area contributed by atoms with E-state index in [9.17, 15) is 4.79 Å². The second kappa shape index (κ2) is 6.82. The number of aromatic nitrogens is 2. The number of amides is 2. The monoisotopic (exact) mass is 310 g/mol. The first kappa shape index (κ1) is 14.2. The number of carbonyl (C=O) groups is 1. The molecule has 1 aromatic carbocycles. The van der Waals surface area contributed by atoms with Gasteiger partial charge in [0.05, 0.1) is 17.9 Å². The number of pyridine rings is 1. The van der Waals surface area contributed by atoms with Crippen molar-refractivity contribution in [3.63, 3.8) is 0 Å². The summed E-state index contributed by atoms with van der Waals surface area (Å²) in [5.74, 6) is 0. The highest BCUT2D eigenvalue weighted by atomic mass is 32.1. The van der Waals surface area contributed by atoms with E-state index in [1.54, 1.807) is 6.20 Å². The van der Waals surface area contributed by atoms with E-state index in [2.05, 4.69) is 20.6 Å². The van der Waals surface area contributed by atoms with Gasteiger partial charge in [-0.05, 0) is 24.3 Å². The minimum Gasteiger partial charge on any atom is -0.331 e. The Bertz CT molecular complexity index is 743. The molecule has 0 atom stereocenters. The lowest BCUT2D eigenvalue weighted by molar-refractivity contribution is 0.251. The van der Waals surface area contributed by atoms with Crippen molar-refractivity contribution in [2.75, 3.05) is 5.32 Å². The maximum atomic E-state index is 11.8. The zero-order valence-electron chi connectivity index (χ0n) is 11.7. The third-order valence-corrected chi connectivity index (χ3v) is 3.76. The topological polar surface area (TPSA) is 66.9 Å². The van der Waals surface area contributed by atoms with E-state index >= 15 is 0 Å². The quantitative estimate of drug-likeness (QED) is 0.774. The molecule has 0 aliphatic carbocycles. The molecule has 22 heavy (non-hydrogen) atoms. The zero-order chi connectivity index (χ0) is 15.2. The second-order valence-corrected chi connectivity index (χ2v) is 5.46. The van der Waals surface area contributed by atoms with E-state index in [4.69, 9.17) is 0 Å². The van der Waals surface area contributed by atoms with Crippen LogP contribution in [0, 0.1) is 0 Å². The van der Waals surface area contributed by atoms with E-state index in [0.29, 0.717) is 6.54 Å². The molecule has 3 aromatic rings. The highest BCUT2D eigenvalue weighted by Gasteiger charge is 2.07. The summed E-state index contributed by atoms with van der Waals surface area (Å²) in [5.41, 5.74) is 2.41. The average Bonchev–Trinajstić information content (AvgIpc) is 3.04. The fourth-order valence-corrected chi connectivity index (χ4v) is 2.60. The molecule has 0 saturated heterocycles. The lowest BCUT2D eigenvalue weighted by Crippen LogP contribution is -2.28. The van der Waals surface area contributed by atoms with Gasteiger partial charge in [0.25, 0.3) is 0 Å². The van der Waals surface area contributed by atoms with Gasteiger partial charge in [-0.15, -0.1) is 11.3 Å². The van der Waals surface area contributed by atoms with Crippen molar-refractivity contribution in [3.05, 3.63) is 65.1 Å². The predicted octanol–water partition coefficient (Wildman–Crippen LogP) is 3.53. The van der Waals surface area contributed by atoms with Crippen molar-refractivity contribution in [1.29, 1.82) is 0 Å². The lowest BCUT2D eigenvalue weighted by atomic mass is 10.3. The van der Waals surface area contributed by atoms with Gasteiger partial charge < -0.3 is 10.6 Å². The molecule has 0 spiro atoms. The molecule has 3 rings (SSSR count). The molecule has 0 aliphatic heterocycles. The summed E-state index contributed by atoms with van der Waals surface area (Å²) < 4.78 is 0. The number of nitrogens with one attached hydrogen (secondary N) is 2. The number of anilines is 1. The molecule has 2 N–H and O–H groups in total. The third kappa shape index (κ3) is 3.67. The molecular weight excluding hydrogens is 296 g/mol. The Balaban J connectivity index is 1.56. The van der Waals surface area contributed by atoms with Crippen LogP contribution < -0.4 is 10.6 Å². The Morgan fingerprint density at radius 3 is 2.64 bits per heavy atom. The van der Waals surface area contributed by atoms with Gasteiger partial charge in [-0.2, -0.15) is 0 Å². The first-order valence-corrected chi connectivity index (χ1v) is 7.65. The predicted molar refractivity (Wildman–Crippen MR) is 87.6 cm³/mol. The summed E-state index contributed by atoms with van der Waals surface area (Å²) in [7, 11) is 0. The van der Waals surface area contributed by atoms with Crippen LogP contribution in [0.3, 0.4) is 0 Å². The van der Waals surface area contributed by atoms with Gasteiger partial charge in [-0.25, -0.2) is 9.78 Å². The number of benzene rings is 1. The van der Waals surface area contributed by atoms with Crippen LogP contribution in [0.5, 0.6) is 0 Å². The smallest absolute Gasteiger partial charge is 0.319 e. The molecule has 2 aromatic heterocycles. The first-order chi connectivity index (χ1) is 10.8. The van der Waals surface area contributed by atoms with Crippen molar-refractivity contribution in [1.82, 2.24) is 15.3 Å². The molecule has 110 valence electrons. The van der Waals surface area contributed by atoms with Gasteiger partial charge in [0.2, 0.25) is 0 Å². The van der Waals surface area contributed by atoms with Crippen molar-refractivity contribution in [3.8, 4) is 11.4 Å². The number of thiazole rings is 1. The van der Waals surface area contributed by atoms with E-state index in [-0.39, 0.29) is 6.03 Å². The minimum atomic E-state index is -0.249. The van der Waals surface area contributed by atoms with Gasteiger partial charge >= 0.3 is 6.03 Å². The Labute approximate surface area is 132 Å². The van der Waals surface area contributed by atoms with Crippen LogP contribution in [0.2, 0.25) is 0 Å². The maximum Gasteiger partial charge on any atom is 0.319 e. The van der Waals surface area contributed by atoms with Crippen LogP contribution >= 0.6 is 11.3 Å². The Morgan fingerprint density at radius 2 is 1.86 bits per heavy atom. The standard InChI is InChI=1S/C16H14N4OS/c21-16(19-12-6-2-1-3-7-12)18-10-15-20-14(11-22-15)13-8-4-5-9-17-13/h1-9,11H,10H2,(H2,18,19,21). The SMILES string of the molecule is O=C(NCc1nc(-c2ccccn2)cs1)Nc1ccccc1. The molecule has 2 amide bonds. The van der Waals surface area contributed by atoms with Crippen molar-refractivity contribution < 1.29 is 4.79 Å². The van der Waals surface area contributed by atoms with Gasteiger partial charge in [0.15, 0.2) is 0 Å². The van der Waals surface area contributed by atoms with Crippen LogP contribution in [0.15, 0.2) is 60.1 Å². The van der Waals surface area contributed by atoms with Crippen LogP contribution in [0.4, 0.5) is 10.5 Å². The highest BCUT2D eigenvalue weighted by molar-refractivity contribution is 7.09. The number of nitrogens with zero attached hydrogens (tertiary/aromatic N) is 2. The summed E-state index contributed by atoms with van der Waals surface area (Å²) in [4.78, 5) is 20.5. The zero-order valence-corrected chi connectivity index (χ0v) is 12.5. The molecule has 0 aliphatic rings. The first-order valence-electron chi connectivity index (χ1n) is 6.77. The number of urea groups is 1. The van der Waals surface area contributed by atoms with Crippen LogP contribution in [-0.2, 0) is 6.54 Å². The van der Waals surface area contributed by atoms with Crippen LogP contribution in [0.1, 0.15) is 5.01 Å². The fourth-order valence-electron chi connectivity index (χ4n) is 1.88. The molecule has 0 bridgehead atoms. The second-order valence-electron chi connectivity index (χ2n) is 4.52. The van der Waals surface area contributed by atoms with Crippen molar-refractivity contribution >= 4 is 23.1 Å². The number of hydrogen-bond donors (Lipinski definition) is 2. The minimum absolute atomic E-state index is 0.249. The summed E-state index contributed by atoms with van der Waals surface area (Å²) in [6.45, 7) is 0.385. The largest absolute Gasteiger partial charge is 0.331 e. The molecule has 0 radical (unpaired) electrons. The van der Waals surface area contributed by atoms with E-state index in [1.807, 2.05) is 53.9 Å². The summed E-state index contributed by atoms with van der Waals surface area (Å²) in [5, 5.41) is 8.33.